The fourth-order valence-electron chi connectivity index (χ4n) is 2.20. The number of methoxy groups -OCH3 is 1. The van der Waals surface area contributed by atoms with Gasteiger partial charge >= 0.3 is 0 Å². The average molecular weight is 336 g/mol. The molecule has 106 valence electrons. The van der Waals surface area contributed by atoms with Gasteiger partial charge in [-0.1, -0.05) is 22.0 Å². The van der Waals surface area contributed by atoms with Crippen molar-refractivity contribution in [2.24, 2.45) is 0 Å². The lowest BCUT2D eigenvalue weighted by Gasteiger charge is -2.15. The van der Waals surface area contributed by atoms with Gasteiger partial charge in [0.05, 0.1) is 13.2 Å². The Kier molecular flexibility index (Phi) is 4.78. The molecular formula is C16H18BrNO2. The lowest BCUT2D eigenvalue weighted by Crippen LogP contribution is -2.06. The molecule has 0 saturated carbocycles. The monoisotopic (exact) mass is 335 g/mol. The fourth-order valence-corrected chi connectivity index (χ4v) is 2.61. The van der Waals surface area contributed by atoms with Crippen LogP contribution in [0.4, 0.5) is 0 Å². The van der Waals surface area contributed by atoms with Gasteiger partial charge in [-0.2, -0.15) is 0 Å². The number of aromatic nitrogens is 1. The lowest BCUT2D eigenvalue weighted by atomic mass is 10.00. The minimum atomic E-state index is -0.577. The Morgan fingerprint density at radius 2 is 2.00 bits per heavy atom. The number of rotatable bonds is 4. The standard InChI is InChI=1S/C16H18BrNO2/c1-10-4-6-14(11(2)18-10)16(19)9-12-8-13(20-3)5-7-15(12)17/h4-8,16,19H,9H2,1-3H3. The normalized spacial score (nSPS) is 12.2. The van der Waals surface area contributed by atoms with Crippen LogP contribution in [0, 0.1) is 13.8 Å². The van der Waals surface area contributed by atoms with Gasteiger partial charge in [-0.15, -0.1) is 0 Å². The summed E-state index contributed by atoms with van der Waals surface area (Å²) in [5.41, 5.74) is 3.71. The molecule has 1 atom stereocenters. The Balaban J connectivity index is 2.25. The molecule has 1 heterocycles. The van der Waals surface area contributed by atoms with E-state index in [4.69, 9.17) is 4.74 Å². The Labute approximate surface area is 127 Å². The molecule has 0 amide bonds. The molecule has 3 nitrogen and oxygen atoms in total. The molecule has 0 saturated heterocycles. The number of hydrogen-bond acceptors (Lipinski definition) is 3. The third-order valence-electron chi connectivity index (χ3n) is 3.29. The first-order valence-corrected chi connectivity index (χ1v) is 7.25. The summed E-state index contributed by atoms with van der Waals surface area (Å²) < 4.78 is 6.19. The van der Waals surface area contributed by atoms with Crippen LogP contribution < -0.4 is 4.74 Å². The highest BCUT2D eigenvalue weighted by Gasteiger charge is 2.14. The van der Waals surface area contributed by atoms with Crippen LogP contribution >= 0.6 is 15.9 Å². The molecule has 1 unspecified atom stereocenters. The van der Waals surface area contributed by atoms with Gasteiger partial charge < -0.3 is 9.84 Å². The van der Waals surface area contributed by atoms with Crippen LogP contribution in [0.25, 0.3) is 0 Å². The van der Waals surface area contributed by atoms with Crippen LogP contribution in [0.15, 0.2) is 34.8 Å². The van der Waals surface area contributed by atoms with Gasteiger partial charge in [0.2, 0.25) is 0 Å². The molecule has 2 rings (SSSR count). The SMILES string of the molecule is COc1ccc(Br)c(CC(O)c2ccc(C)nc2C)c1. The molecule has 0 aliphatic rings. The number of aryl methyl sites for hydroxylation is 2. The van der Waals surface area contributed by atoms with Gasteiger partial charge in [-0.3, -0.25) is 4.98 Å². The first-order valence-electron chi connectivity index (χ1n) is 6.46. The van der Waals surface area contributed by atoms with E-state index in [1.54, 1.807) is 7.11 Å². The van der Waals surface area contributed by atoms with Crippen molar-refractivity contribution in [2.45, 2.75) is 26.4 Å². The number of ether oxygens (including phenoxy) is 1. The molecule has 0 aliphatic carbocycles. The summed E-state index contributed by atoms with van der Waals surface area (Å²) in [7, 11) is 1.64. The van der Waals surface area contributed by atoms with Crippen molar-refractivity contribution in [1.82, 2.24) is 4.98 Å². The van der Waals surface area contributed by atoms with E-state index in [-0.39, 0.29) is 0 Å². The van der Waals surface area contributed by atoms with Gasteiger partial charge in [-0.05, 0) is 43.7 Å². The van der Waals surface area contributed by atoms with Gasteiger partial charge in [0.1, 0.15) is 5.75 Å². The van der Waals surface area contributed by atoms with Gasteiger partial charge in [0.15, 0.2) is 0 Å². The highest BCUT2D eigenvalue weighted by molar-refractivity contribution is 9.10. The van der Waals surface area contributed by atoms with Crippen molar-refractivity contribution in [3.05, 3.63) is 57.3 Å². The van der Waals surface area contributed by atoms with Crippen molar-refractivity contribution in [1.29, 1.82) is 0 Å². The molecule has 0 aliphatic heterocycles. The van der Waals surface area contributed by atoms with Crippen molar-refractivity contribution < 1.29 is 9.84 Å². The summed E-state index contributed by atoms with van der Waals surface area (Å²) in [6.07, 6.45) is -0.0601. The molecule has 1 aromatic carbocycles. The minimum absolute atomic E-state index is 0.517. The smallest absolute Gasteiger partial charge is 0.119 e. The maximum Gasteiger partial charge on any atom is 0.119 e. The Morgan fingerprint density at radius 3 is 2.65 bits per heavy atom. The van der Waals surface area contributed by atoms with E-state index >= 15 is 0 Å². The first kappa shape index (κ1) is 15.0. The second-order valence-corrected chi connectivity index (χ2v) is 5.66. The number of hydrogen-bond donors (Lipinski definition) is 1. The number of aliphatic hydroxyl groups excluding tert-OH is 1. The number of aliphatic hydroxyl groups is 1. The summed E-state index contributed by atoms with van der Waals surface area (Å²) in [6.45, 7) is 3.87. The van der Waals surface area contributed by atoms with Gasteiger partial charge in [0.25, 0.3) is 0 Å². The quantitative estimate of drug-likeness (QED) is 0.925. The van der Waals surface area contributed by atoms with Gasteiger partial charge in [-0.25, -0.2) is 0 Å². The highest BCUT2D eigenvalue weighted by atomic mass is 79.9. The predicted molar refractivity (Wildman–Crippen MR) is 83.1 cm³/mol. The van der Waals surface area contributed by atoms with Gasteiger partial charge in [0, 0.05) is 27.8 Å². The largest absolute Gasteiger partial charge is 0.497 e. The number of benzene rings is 1. The number of pyridine rings is 1. The maximum atomic E-state index is 10.4. The zero-order valence-corrected chi connectivity index (χ0v) is 13.4. The number of halogens is 1. The maximum absolute atomic E-state index is 10.4. The molecule has 1 N–H and O–H groups in total. The second kappa shape index (κ2) is 6.37. The number of nitrogens with zero attached hydrogens (tertiary/aromatic N) is 1. The summed E-state index contributed by atoms with van der Waals surface area (Å²) >= 11 is 3.51. The van der Waals surface area contributed by atoms with Crippen LogP contribution in [0.2, 0.25) is 0 Å². The summed E-state index contributed by atoms with van der Waals surface area (Å²) in [5.74, 6) is 0.786. The highest BCUT2D eigenvalue weighted by Crippen LogP contribution is 2.28. The third kappa shape index (κ3) is 3.38. The Bertz CT molecular complexity index is 613. The van der Waals surface area contributed by atoms with Crippen LogP contribution in [0.3, 0.4) is 0 Å². The summed E-state index contributed by atoms with van der Waals surface area (Å²) in [6, 6.07) is 9.62. The van der Waals surface area contributed by atoms with E-state index in [1.165, 1.54) is 0 Å². The van der Waals surface area contributed by atoms with Crippen molar-refractivity contribution >= 4 is 15.9 Å². The van der Waals surface area contributed by atoms with E-state index in [2.05, 4.69) is 20.9 Å². The Hall–Kier alpha value is -1.39. The molecule has 4 heteroatoms. The molecular weight excluding hydrogens is 318 g/mol. The second-order valence-electron chi connectivity index (χ2n) is 4.80. The van der Waals surface area contributed by atoms with E-state index < -0.39 is 6.10 Å². The molecule has 0 radical (unpaired) electrons. The van der Waals surface area contributed by atoms with Crippen LogP contribution in [-0.4, -0.2) is 17.2 Å². The fraction of sp³-hybridized carbons (Fsp3) is 0.312. The zero-order valence-electron chi connectivity index (χ0n) is 11.9. The topological polar surface area (TPSA) is 42.4 Å². The third-order valence-corrected chi connectivity index (χ3v) is 4.06. The predicted octanol–water partition coefficient (Wildman–Crippen LogP) is 3.75. The first-order chi connectivity index (χ1) is 9.51. The molecule has 0 spiro atoms. The van der Waals surface area contributed by atoms with Crippen molar-refractivity contribution in [3.8, 4) is 5.75 Å². The zero-order chi connectivity index (χ0) is 14.7. The van der Waals surface area contributed by atoms with Crippen LogP contribution in [0.5, 0.6) is 5.75 Å². The Morgan fingerprint density at radius 1 is 1.25 bits per heavy atom. The van der Waals surface area contributed by atoms with Crippen molar-refractivity contribution in [3.63, 3.8) is 0 Å². The van der Waals surface area contributed by atoms with E-state index in [9.17, 15) is 5.11 Å². The summed E-state index contributed by atoms with van der Waals surface area (Å²) in [4.78, 5) is 4.40. The molecule has 20 heavy (non-hydrogen) atoms. The molecule has 0 fully saturated rings. The van der Waals surface area contributed by atoms with Crippen molar-refractivity contribution in [2.75, 3.05) is 7.11 Å². The van der Waals surface area contributed by atoms with E-state index in [0.717, 1.165) is 32.7 Å². The average Bonchev–Trinajstić information content (AvgIpc) is 2.41. The van der Waals surface area contributed by atoms with E-state index in [1.807, 2.05) is 44.2 Å². The summed E-state index contributed by atoms with van der Waals surface area (Å²) in [5, 5.41) is 10.4. The molecule has 1 aromatic heterocycles. The van der Waals surface area contributed by atoms with E-state index in [0.29, 0.717) is 6.42 Å². The van der Waals surface area contributed by atoms with Crippen LogP contribution in [0.1, 0.15) is 28.6 Å². The minimum Gasteiger partial charge on any atom is -0.497 e. The molecule has 2 aromatic rings. The van der Waals surface area contributed by atoms with Crippen LogP contribution in [-0.2, 0) is 6.42 Å². The lowest BCUT2D eigenvalue weighted by molar-refractivity contribution is 0.177. The molecule has 0 bridgehead atoms.